The molecule has 0 bridgehead atoms. The monoisotopic (exact) mass is 623 g/mol. The average Bonchev–Trinajstić information content (AvgIpc) is 3.02. The highest BCUT2D eigenvalue weighted by molar-refractivity contribution is 9.11. The molecule has 2 aliphatic heterocycles. The summed E-state index contributed by atoms with van der Waals surface area (Å²) >= 11 is 6.62. The summed E-state index contributed by atoms with van der Waals surface area (Å²) in [4.78, 5) is 41.3. The lowest BCUT2D eigenvalue weighted by Crippen LogP contribution is -2.57. The maximum absolute atomic E-state index is 13.1. The maximum Gasteiger partial charge on any atom is 0.407 e. The van der Waals surface area contributed by atoms with Crippen LogP contribution in [0.15, 0.2) is 45.3 Å². The molecule has 11 heteroatoms. The van der Waals surface area contributed by atoms with Crippen LogP contribution in [0.25, 0.3) is 0 Å². The fourth-order valence-electron chi connectivity index (χ4n) is 5.14. The van der Waals surface area contributed by atoms with Gasteiger partial charge in [-0.05, 0) is 86.9 Å². The summed E-state index contributed by atoms with van der Waals surface area (Å²) in [7, 11) is 1.28. The van der Waals surface area contributed by atoms with E-state index in [2.05, 4.69) is 37.2 Å². The number of methoxy groups -OCH3 is 1. The van der Waals surface area contributed by atoms with Crippen molar-refractivity contribution < 1.29 is 29.3 Å². The summed E-state index contributed by atoms with van der Waals surface area (Å²) in [6, 6.07) is 9.88. The number of carboxylic acid groups (broad SMARTS) is 1. The van der Waals surface area contributed by atoms with Gasteiger partial charge in [-0.1, -0.05) is 18.2 Å². The quantitative estimate of drug-likeness (QED) is 0.409. The van der Waals surface area contributed by atoms with Crippen molar-refractivity contribution in [1.29, 1.82) is 0 Å². The number of rotatable bonds is 5. The summed E-state index contributed by atoms with van der Waals surface area (Å²) in [5.74, 6) is -1.30. The minimum atomic E-state index is -1.12. The number of urea groups is 1. The van der Waals surface area contributed by atoms with Crippen LogP contribution >= 0.6 is 31.9 Å². The summed E-state index contributed by atoms with van der Waals surface area (Å²) in [5, 5.41) is 23.0. The molecule has 4 rings (SSSR count). The number of esters is 1. The van der Waals surface area contributed by atoms with Crippen LogP contribution in [0.5, 0.6) is 5.75 Å². The molecule has 1 saturated heterocycles. The number of phenols is 1. The van der Waals surface area contributed by atoms with E-state index in [-0.39, 0.29) is 30.8 Å². The van der Waals surface area contributed by atoms with Gasteiger partial charge in [0, 0.05) is 24.8 Å². The molecule has 192 valence electrons. The Bertz CT molecular complexity index is 1150. The standard InChI is InChI=1S/C25H27Br2N3O6/c1-36-23(32)17(10-14-11-18(26)22(31)19(27)12-14)21-13-16(7-9-30(21)25(34)35)29-8-6-15-4-2-3-5-20(15)28-24(29)33/h2-5,11-12,16-17,21,31H,6-10,13H2,1H3,(H,28,33)(H,34,35)/t16?,17?,21-/m1/s1. The second-order valence-electron chi connectivity index (χ2n) is 8.99. The van der Waals surface area contributed by atoms with Crippen LogP contribution in [-0.4, -0.2) is 70.4 Å². The van der Waals surface area contributed by atoms with Crippen molar-refractivity contribution in [1.82, 2.24) is 9.80 Å². The van der Waals surface area contributed by atoms with Gasteiger partial charge in [-0.3, -0.25) is 4.79 Å². The van der Waals surface area contributed by atoms with Crippen molar-refractivity contribution in [2.45, 2.75) is 37.8 Å². The van der Waals surface area contributed by atoms with Gasteiger partial charge in [0.05, 0.1) is 28.0 Å². The Morgan fingerprint density at radius 3 is 2.56 bits per heavy atom. The molecule has 0 spiro atoms. The first-order chi connectivity index (χ1) is 17.2. The molecule has 0 radical (unpaired) electrons. The van der Waals surface area contributed by atoms with Crippen LogP contribution in [0, 0.1) is 5.92 Å². The van der Waals surface area contributed by atoms with Gasteiger partial charge in [0.15, 0.2) is 0 Å². The number of anilines is 1. The van der Waals surface area contributed by atoms with Gasteiger partial charge in [0.2, 0.25) is 0 Å². The van der Waals surface area contributed by atoms with Crippen molar-refractivity contribution in [2.24, 2.45) is 5.92 Å². The molecule has 2 aromatic carbocycles. The number of para-hydroxylation sites is 1. The van der Waals surface area contributed by atoms with E-state index in [1.165, 1.54) is 12.0 Å². The van der Waals surface area contributed by atoms with E-state index < -0.39 is 24.0 Å². The third-order valence-corrected chi connectivity index (χ3v) is 8.16. The fraction of sp³-hybridized carbons (Fsp3) is 0.400. The number of halogens is 2. The Hall–Kier alpha value is -2.79. The fourth-order valence-corrected chi connectivity index (χ4v) is 6.42. The largest absolute Gasteiger partial charge is 0.506 e. The van der Waals surface area contributed by atoms with Crippen LogP contribution in [-0.2, 0) is 22.4 Å². The number of carbonyl (C=O) groups is 3. The highest BCUT2D eigenvalue weighted by atomic mass is 79.9. The number of piperidine rings is 1. The molecule has 0 saturated carbocycles. The highest BCUT2D eigenvalue weighted by Gasteiger charge is 2.43. The van der Waals surface area contributed by atoms with Crippen molar-refractivity contribution >= 4 is 55.6 Å². The zero-order chi connectivity index (χ0) is 26.0. The van der Waals surface area contributed by atoms with Gasteiger partial charge in [0.25, 0.3) is 0 Å². The summed E-state index contributed by atoms with van der Waals surface area (Å²) in [6.45, 7) is 0.686. The molecule has 0 aromatic heterocycles. The number of ether oxygens (including phenoxy) is 1. The minimum Gasteiger partial charge on any atom is -0.506 e. The Balaban J connectivity index is 1.61. The lowest BCUT2D eigenvalue weighted by atomic mass is 9.83. The van der Waals surface area contributed by atoms with Crippen molar-refractivity contribution in [3.8, 4) is 5.75 Å². The Morgan fingerprint density at radius 1 is 1.19 bits per heavy atom. The molecule has 36 heavy (non-hydrogen) atoms. The number of nitrogens with zero attached hydrogens (tertiary/aromatic N) is 2. The Morgan fingerprint density at radius 2 is 1.89 bits per heavy atom. The maximum atomic E-state index is 13.1. The summed E-state index contributed by atoms with van der Waals surface area (Å²) in [5.41, 5.74) is 2.54. The topological polar surface area (TPSA) is 119 Å². The van der Waals surface area contributed by atoms with E-state index in [0.717, 1.165) is 16.8 Å². The predicted molar refractivity (Wildman–Crippen MR) is 140 cm³/mol. The van der Waals surface area contributed by atoms with E-state index in [1.54, 1.807) is 17.0 Å². The Labute approximate surface area is 225 Å². The SMILES string of the molecule is COC(=O)C(Cc1cc(Br)c(O)c(Br)c1)[C@H]1CC(N2CCc3ccccc3NC2=O)CCN1C(=O)O. The number of benzene rings is 2. The zero-order valence-corrected chi connectivity index (χ0v) is 22.8. The molecule has 2 aliphatic rings. The number of aromatic hydroxyl groups is 1. The van der Waals surface area contributed by atoms with Crippen molar-refractivity contribution in [2.75, 3.05) is 25.5 Å². The molecular weight excluding hydrogens is 598 g/mol. The zero-order valence-electron chi connectivity index (χ0n) is 19.6. The molecule has 9 nitrogen and oxygen atoms in total. The van der Waals surface area contributed by atoms with E-state index in [1.807, 2.05) is 24.3 Å². The number of nitrogens with one attached hydrogen (secondary N) is 1. The first-order valence-corrected chi connectivity index (χ1v) is 13.2. The van der Waals surface area contributed by atoms with Gasteiger partial charge in [-0.2, -0.15) is 0 Å². The van der Waals surface area contributed by atoms with Gasteiger partial charge < -0.3 is 30.1 Å². The molecular formula is C25H27Br2N3O6. The first-order valence-electron chi connectivity index (χ1n) is 11.6. The summed E-state index contributed by atoms with van der Waals surface area (Å²) < 4.78 is 5.99. The van der Waals surface area contributed by atoms with Crippen LogP contribution in [0.3, 0.4) is 0 Å². The number of amides is 3. The molecule has 1 fully saturated rings. The van der Waals surface area contributed by atoms with E-state index >= 15 is 0 Å². The van der Waals surface area contributed by atoms with Gasteiger partial charge in [-0.25, -0.2) is 9.59 Å². The lowest BCUT2D eigenvalue weighted by Gasteiger charge is -2.44. The third-order valence-electron chi connectivity index (χ3n) is 6.95. The molecule has 0 aliphatic carbocycles. The lowest BCUT2D eigenvalue weighted by molar-refractivity contribution is -0.148. The smallest absolute Gasteiger partial charge is 0.407 e. The molecule has 3 atom stereocenters. The van der Waals surface area contributed by atoms with Gasteiger partial charge in [-0.15, -0.1) is 0 Å². The number of likely N-dealkylation sites (tertiary alicyclic amines) is 1. The van der Waals surface area contributed by atoms with Gasteiger partial charge in [0.1, 0.15) is 5.75 Å². The van der Waals surface area contributed by atoms with E-state index in [4.69, 9.17) is 4.74 Å². The number of hydrogen-bond acceptors (Lipinski definition) is 5. The first kappa shape index (κ1) is 26.3. The Kier molecular flexibility index (Phi) is 8.09. The predicted octanol–water partition coefficient (Wildman–Crippen LogP) is 4.85. The van der Waals surface area contributed by atoms with E-state index in [0.29, 0.717) is 34.8 Å². The van der Waals surface area contributed by atoms with Crippen LogP contribution in [0.4, 0.5) is 15.3 Å². The van der Waals surface area contributed by atoms with Crippen LogP contribution in [0.2, 0.25) is 0 Å². The normalized spacial score (nSPS) is 20.7. The summed E-state index contributed by atoms with van der Waals surface area (Å²) in [6.07, 6.45) is 0.526. The van der Waals surface area contributed by atoms with Crippen LogP contribution < -0.4 is 5.32 Å². The second kappa shape index (κ2) is 11.1. The van der Waals surface area contributed by atoms with Crippen LogP contribution in [0.1, 0.15) is 24.0 Å². The van der Waals surface area contributed by atoms with Crippen molar-refractivity contribution in [3.05, 3.63) is 56.5 Å². The molecule has 3 N–H and O–H groups in total. The van der Waals surface area contributed by atoms with Crippen molar-refractivity contribution in [3.63, 3.8) is 0 Å². The molecule has 2 heterocycles. The highest BCUT2D eigenvalue weighted by Crippen LogP contribution is 2.36. The number of fused-ring (bicyclic) bond motifs is 1. The molecule has 3 amide bonds. The van der Waals surface area contributed by atoms with Gasteiger partial charge >= 0.3 is 18.1 Å². The molecule has 2 aromatic rings. The number of carbonyl (C=O) groups excluding carboxylic acids is 2. The average molecular weight is 625 g/mol. The number of phenolic OH excluding ortho intramolecular Hbond substituents is 1. The molecule has 2 unspecified atom stereocenters. The second-order valence-corrected chi connectivity index (χ2v) is 10.7. The van der Waals surface area contributed by atoms with E-state index in [9.17, 15) is 24.6 Å². The minimum absolute atomic E-state index is 0.0337. The number of hydrogen-bond donors (Lipinski definition) is 3. The third kappa shape index (κ3) is 5.46.